The van der Waals surface area contributed by atoms with Gasteiger partial charge >= 0.3 is 18.1 Å². The summed E-state index contributed by atoms with van der Waals surface area (Å²) in [4.78, 5) is 24.2. The molecule has 1 aromatic carbocycles. The molecule has 0 radical (unpaired) electrons. The van der Waals surface area contributed by atoms with E-state index in [9.17, 15) is 22.8 Å². The molecule has 0 aliphatic carbocycles. The highest BCUT2D eigenvalue weighted by Gasteiger charge is 2.30. The maximum Gasteiger partial charge on any atom is 0.422 e. The predicted octanol–water partition coefficient (Wildman–Crippen LogP) is 9.60. The maximum absolute atomic E-state index is 12.3. The molecule has 0 aromatic heterocycles. The maximum atomic E-state index is 12.3. The molecule has 1 aromatic rings. The van der Waals surface area contributed by atoms with E-state index in [0.29, 0.717) is 6.42 Å². The van der Waals surface area contributed by atoms with Crippen LogP contribution in [0.5, 0.6) is 0 Å². The lowest BCUT2D eigenvalue weighted by Crippen LogP contribution is -2.22. The molecule has 212 valence electrons. The van der Waals surface area contributed by atoms with Crippen molar-refractivity contribution in [2.75, 3.05) is 13.2 Å². The molecule has 0 spiro atoms. The second-order valence-corrected chi connectivity index (χ2v) is 9.88. The average Bonchev–Trinajstić information content (AvgIpc) is 2.88. The van der Waals surface area contributed by atoms with E-state index in [0.717, 1.165) is 12.8 Å². The van der Waals surface area contributed by atoms with Gasteiger partial charge in [0.05, 0.1) is 17.7 Å². The van der Waals surface area contributed by atoms with Crippen molar-refractivity contribution >= 4 is 11.9 Å². The summed E-state index contributed by atoms with van der Waals surface area (Å²) in [5, 5.41) is 0. The van der Waals surface area contributed by atoms with E-state index in [1.807, 2.05) is 0 Å². The van der Waals surface area contributed by atoms with E-state index in [-0.39, 0.29) is 17.7 Å². The summed E-state index contributed by atoms with van der Waals surface area (Å²) in [5.41, 5.74) is -0.313. The van der Waals surface area contributed by atoms with Gasteiger partial charge in [-0.1, -0.05) is 128 Å². The van der Waals surface area contributed by atoms with E-state index < -0.39 is 24.7 Å². The zero-order valence-electron chi connectivity index (χ0n) is 22.7. The third-order valence-electron chi connectivity index (χ3n) is 6.46. The SMILES string of the molecule is CCCCCCCCCCCCCCCCCCCCOC(=O)c1ccccc1C(=O)OCC(F)(F)F. The Morgan fingerprint density at radius 2 is 0.946 bits per heavy atom. The van der Waals surface area contributed by atoms with Crippen LogP contribution in [-0.4, -0.2) is 31.3 Å². The number of esters is 2. The first kappa shape index (κ1) is 33.0. The Labute approximate surface area is 221 Å². The van der Waals surface area contributed by atoms with Crippen molar-refractivity contribution in [3.8, 4) is 0 Å². The second-order valence-electron chi connectivity index (χ2n) is 9.88. The quantitative estimate of drug-likeness (QED) is 0.111. The molecule has 37 heavy (non-hydrogen) atoms. The third kappa shape index (κ3) is 17.9. The average molecular weight is 529 g/mol. The summed E-state index contributed by atoms with van der Waals surface area (Å²) < 4.78 is 46.4. The van der Waals surface area contributed by atoms with Gasteiger partial charge < -0.3 is 9.47 Å². The van der Waals surface area contributed by atoms with E-state index in [1.165, 1.54) is 121 Å². The summed E-state index contributed by atoms with van der Waals surface area (Å²) in [6.45, 7) is 0.770. The number of alkyl halides is 3. The topological polar surface area (TPSA) is 52.6 Å². The van der Waals surface area contributed by atoms with Crippen LogP contribution in [0.1, 0.15) is 143 Å². The van der Waals surface area contributed by atoms with Gasteiger partial charge in [0.2, 0.25) is 0 Å². The van der Waals surface area contributed by atoms with Crippen molar-refractivity contribution in [3.05, 3.63) is 35.4 Å². The summed E-state index contributed by atoms with van der Waals surface area (Å²) in [6, 6.07) is 5.58. The smallest absolute Gasteiger partial charge is 0.422 e. The molecule has 0 fully saturated rings. The molecule has 0 unspecified atom stereocenters. The van der Waals surface area contributed by atoms with Crippen molar-refractivity contribution in [3.63, 3.8) is 0 Å². The lowest BCUT2D eigenvalue weighted by atomic mass is 10.0. The summed E-state index contributed by atoms with van der Waals surface area (Å²) >= 11 is 0. The van der Waals surface area contributed by atoms with Crippen LogP contribution < -0.4 is 0 Å². The normalized spacial score (nSPS) is 11.5. The fourth-order valence-corrected chi connectivity index (χ4v) is 4.31. The van der Waals surface area contributed by atoms with Gasteiger partial charge in [-0.15, -0.1) is 0 Å². The van der Waals surface area contributed by atoms with E-state index in [4.69, 9.17) is 4.74 Å². The number of hydrogen-bond acceptors (Lipinski definition) is 4. The minimum atomic E-state index is -4.63. The summed E-state index contributed by atoms with van der Waals surface area (Å²) in [7, 11) is 0. The van der Waals surface area contributed by atoms with Crippen LogP contribution in [0.25, 0.3) is 0 Å². The van der Waals surface area contributed by atoms with Crippen molar-refractivity contribution < 1.29 is 32.2 Å². The standard InChI is InChI=1S/C30H47F3O4/c1-2-3-4-5-6-7-8-9-10-11-12-13-14-15-16-17-18-21-24-36-28(34)26-22-19-20-23-27(26)29(35)37-25-30(31,32)33/h19-20,22-23H,2-18,21,24-25H2,1H3. The molecule has 0 saturated carbocycles. The monoisotopic (exact) mass is 528 g/mol. The van der Waals surface area contributed by atoms with Crippen molar-refractivity contribution in [1.82, 2.24) is 0 Å². The number of unbranched alkanes of at least 4 members (excludes halogenated alkanes) is 17. The summed E-state index contributed by atoms with van der Waals surface area (Å²) in [6.07, 6.45) is 18.2. The van der Waals surface area contributed by atoms with Gasteiger partial charge in [0, 0.05) is 0 Å². The first-order valence-corrected chi connectivity index (χ1v) is 14.3. The molecule has 0 N–H and O–H groups in total. The Balaban J connectivity index is 2.00. The number of ether oxygens (including phenoxy) is 2. The molecule has 0 heterocycles. The highest BCUT2D eigenvalue weighted by molar-refractivity contribution is 6.03. The summed E-state index contributed by atoms with van der Waals surface area (Å²) in [5.74, 6) is -1.93. The van der Waals surface area contributed by atoms with Crippen LogP contribution in [0.4, 0.5) is 13.2 Å². The van der Waals surface area contributed by atoms with Gasteiger partial charge in [-0.25, -0.2) is 9.59 Å². The van der Waals surface area contributed by atoms with Crippen molar-refractivity contribution in [1.29, 1.82) is 0 Å². The van der Waals surface area contributed by atoms with Crippen LogP contribution in [0.15, 0.2) is 24.3 Å². The number of hydrogen-bond donors (Lipinski definition) is 0. The largest absolute Gasteiger partial charge is 0.462 e. The van der Waals surface area contributed by atoms with E-state index in [1.54, 1.807) is 0 Å². The van der Waals surface area contributed by atoms with Crippen LogP contribution in [0.2, 0.25) is 0 Å². The molecule has 0 atom stereocenters. The predicted molar refractivity (Wildman–Crippen MR) is 142 cm³/mol. The zero-order chi connectivity index (χ0) is 27.2. The van der Waals surface area contributed by atoms with Gasteiger partial charge in [-0.05, 0) is 18.6 Å². The Hall–Kier alpha value is -2.05. The van der Waals surface area contributed by atoms with Gasteiger partial charge in [-0.3, -0.25) is 0 Å². The number of carbonyl (C=O) groups is 2. The molecule has 0 saturated heterocycles. The Morgan fingerprint density at radius 3 is 1.32 bits per heavy atom. The highest BCUT2D eigenvalue weighted by Crippen LogP contribution is 2.18. The molecule has 0 amide bonds. The Bertz CT molecular complexity index is 734. The lowest BCUT2D eigenvalue weighted by Gasteiger charge is -2.11. The minimum absolute atomic E-state index is 0.0860. The van der Waals surface area contributed by atoms with E-state index >= 15 is 0 Å². The van der Waals surface area contributed by atoms with Crippen molar-refractivity contribution in [2.24, 2.45) is 0 Å². The minimum Gasteiger partial charge on any atom is -0.462 e. The number of halogens is 3. The zero-order valence-corrected chi connectivity index (χ0v) is 22.7. The molecule has 0 aliphatic heterocycles. The first-order chi connectivity index (χ1) is 17.8. The fraction of sp³-hybridized carbons (Fsp3) is 0.733. The van der Waals surface area contributed by atoms with Gasteiger partial charge in [0.25, 0.3) is 0 Å². The molecule has 0 aliphatic rings. The van der Waals surface area contributed by atoms with Crippen LogP contribution >= 0.6 is 0 Å². The Kier molecular flexibility index (Phi) is 18.7. The number of carbonyl (C=O) groups excluding carboxylic acids is 2. The third-order valence-corrected chi connectivity index (χ3v) is 6.46. The second kappa shape index (κ2) is 20.9. The van der Waals surface area contributed by atoms with Gasteiger partial charge in [0.15, 0.2) is 6.61 Å². The first-order valence-electron chi connectivity index (χ1n) is 14.3. The molecule has 0 bridgehead atoms. The van der Waals surface area contributed by atoms with Crippen LogP contribution in [-0.2, 0) is 9.47 Å². The fourth-order valence-electron chi connectivity index (χ4n) is 4.31. The number of benzene rings is 1. The van der Waals surface area contributed by atoms with E-state index in [2.05, 4.69) is 11.7 Å². The van der Waals surface area contributed by atoms with Gasteiger partial charge in [0.1, 0.15) is 0 Å². The molecular weight excluding hydrogens is 481 g/mol. The van der Waals surface area contributed by atoms with Crippen LogP contribution in [0, 0.1) is 0 Å². The molecule has 1 rings (SSSR count). The van der Waals surface area contributed by atoms with Crippen molar-refractivity contribution in [2.45, 2.75) is 129 Å². The molecule has 4 nitrogen and oxygen atoms in total. The lowest BCUT2D eigenvalue weighted by molar-refractivity contribution is -0.161. The van der Waals surface area contributed by atoms with Crippen LogP contribution in [0.3, 0.4) is 0 Å². The molecule has 7 heteroatoms. The van der Waals surface area contributed by atoms with Gasteiger partial charge in [-0.2, -0.15) is 13.2 Å². The number of rotatable bonds is 22. The Morgan fingerprint density at radius 1 is 0.595 bits per heavy atom. The highest BCUT2D eigenvalue weighted by atomic mass is 19.4. The molecular formula is C30H47F3O4.